The molecule has 2 N–H and O–H groups in total. The number of benzene rings is 2. The zero-order chi connectivity index (χ0) is 17.1. The Bertz CT molecular complexity index is 819. The molecule has 0 fully saturated rings. The first-order valence-corrected chi connectivity index (χ1v) is 8.16. The molecule has 4 heteroatoms. The molecule has 124 valence electrons. The van der Waals surface area contributed by atoms with E-state index in [-0.39, 0.29) is 0 Å². The van der Waals surface area contributed by atoms with Crippen LogP contribution in [0.15, 0.2) is 54.6 Å². The van der Waals surface area contributed by atoms with Crippen molar-refractivity contribution in [1.29, 1.82) is 0 Å². The van der Waals surface area contributed by atoms with Crippen LogP contribution in [0.3, 0.4) is 0 Å². The van der Waals surface area contributed by atoms with Gasteiger partial charge in [-0.2, -0.15) is 5.10 Å². The monoisotopic (exact) mass is 321 g/mol. The summed E-state index contributed by atoms with van der Waals surface area (Å²) < 4.78 is 7.40. The molecule has 0 radical (unpaired) electrons. The van der Waals surface area contributed by atoms with Gasteiger partial charge >= 0.3 is 0 Å². The molecule has 2 aromatic carbocycles. The lowest BCUT2D eigenvalue weighted by atomic mass is 10.0. The highest BCUT2D eigenvalue weighted by molar-refractivity contribution is 5.64. The fourth-order valence-electron chi connectivity index (χ4n) is 2.76. The number of nitrogens with zero attached hydrogens (tertiary/aromatic N) is 2. The van der Waals surface area contributed by atoms with Crippen LogP contribution in [0.1, 0.15) is 31.0 Å². The van der Waals surface area contributed by atoms with Crippen molar-refractivity contribution in [2.75, 3.05) is 7.11 Å². The molecular weight excluding hydrogens is 298 g/mol. The van der Waals surface area contributed by atoms with E-state index in [9.17, 15) is 0 Å². The van der Waals surface area contributed by atoms with E-state index in [2.05, 4.69) is 43.2 Å². The molecule has 0 aliphatic rings. The van der Waals surface area contributed by atoms with Crippen LogP contribution in [0.25, 0.3) is 16.9 Å². The SMILES string of the molecule is COc1ccccc1-n1nc(CN)cc1-c1ccc(C(C)C)cc1. The molecule has 3 aromatic rings. The highest BCUT2D eigenvalue weighted by Crippen LogP contribution is 2.29. The van der Waals surface area contributed by atoms with Gasteiger partial charge in [0.25, 0.3) is 0 Å². The maximum atomic E-state index is 5.82. The van der Waals surface area contributed by atoms with Gasteiger partial charge in [0, 0.05) is 12.1 Å². The van der Waals surface area contributed by atoms with E-state index < -0.39 is 0 Å². The van der Waals surface area contributed by atoms with Crippen molar-refractivity contribution >= 4 is 0 Å². The van der Waals surface area contributed by atoms with Gasteiger partial charge in [-0.1, -0.05) is 50.2 Å². The number of para-hydroxylation sites is 2. The molecule has 24 heavy (non-hydrogen) atoms. The van der Waals surface area contributed by atoms with E-state index in [1.165, 1.54) is 5.56 Å². The topological polar surface area (TPSA) is 53.1 Å². The van der Waals surface area contributed by atoms with E-state index in [4.69, 9.17) is 10.5 Å². The summed E-state index contributed by atoms with van der Waals surface area (Å²) in [4.78, 5) is 0. The molecule has 4 nitrogen and oxygen atoms in total. The number of methoxy groups -OCH3 is 1. The fraction of sp³-hybridized carbons (Fsp3) is 0.250. The lowest BCUT2D eigenvalue weighted by molar-refractivity contribution is 0.412. The summed E-state index contributed by atoms with van der Waals surface area (Å²) in [6, 6.07) is 18.5. The van der Waals surface area contributed by atoms with Crippen LogP contribution in [-0.2, 0) is 6.54 Å². The molecule has 0 spiro atoms. The third-order valence-corrected chi connectivity index (χ3v) is 4.16. The Morgan fingerprint density at radius 1 is 1.08 bits per heavy atom. The number of hydrogen-bond acceptors (Lipinski definition) is 3. The smallest absolute Gasteiger partial charge is 0.144 e. The first-order valence-electron chi connectivity index (χ1n) is 8.16. The Kier molecular flexibility index (Phi) is 4.67. The minimum Gasteiger partial charge on any atom is -0.494 e. The fourth-order valence-corrected chi connectivity index (χ4v) is 2.76. The van der Waals surface area contributed by atoms with Crippen LogP contribution in [0, 0.1) is 0 Å². The van der Waals surface area contributed by atoms with Crippen molar-refractivity contribution in [2.45, 2.75) is 26.3 Å². The van der Waals surface area contributed by atoms with Gasteiger partial charge in [0.1, 0.15) is 11.4 Å². The van der Waals surface area contributed by atoms with E-state index >= 15 is 0 Å². The predicted octanol–water partition coefficient (Wildman–Crippen LogP) is 4.13. The number of ether oxygens (including phenoxy) is 1. The number of nitrogens with two attached hydrogens (primary N) is 1. The van der Waals surface area contributed by atoms with Gasteiger partial charge in [-0.05, 0) is 29.7 Å². The first-order chi connectivity index (χ1) is 11.6. The quantitative estimate of drug-likeness (QED) is 0.768. The van der Waals surface area contributed by atoms with E-state index in [0.717, 1.165) is 28.4 Å². The lowest BCUT2D eigenvalue weighted by Gasteiger charge is -2.12. The van der Waals surface area contributed by atoms with E-state index in [1.807, 2.05) is 35.0 Å². The number of hydrogen-bond donors (Lipinski definition) is 1. The highest BCUT2D eigenvalue weighted by Gasteiger charge is 2.14. The molecular formula is C20H23N3O. The molecule has 0 saturated heterocycles. The molecule has 0 atom stereocenters. The maximum absolute atomic E-state index is 5.82. The van der Waals surface area contributed by atoms with Crippen LogP contribution in [0.5, 0.6) is 5.75 Å². The zero-order valence-corrected chi connectivity index (χ0v) is 14.4. The largest absolute Gasteiger partial charge is 0.494 e. The van der Waals surface area contributed by atoms with Crippen LogP contribution in [0.4, 0.5) is 0 Å². The summed E-state index contributed by atoms with van der Waals surface area (Å²) in [7, 11) is 1.67. The summed E-state index contributed by atoms with van der Waals surface area (Å²) in [5.41, 5.74) is 11.0. The van der Waals surface area contributed by atoms with Crippen LogP contribution in [-0.4, -0.2) is 16.9 Å². The molecule has 0 amide bonds. The van der Waals surface area contributed by atoms with Gasteiger partial charge in [-0.3, -0.25) is 0 Å². The minimum absolute atomic E-state index is 0.402. The average molecular weight is 321 g/mol. The predicted molar refractivity (Wildman–Crippen MR) is 97.5 cm³/mol. The number of rotatable bonds is 5. The second-order valence-electron chi connectivity index (χ2n) is 6.09. The Hall–Kier alpha value is -2.59. The highest BCUT2D eigenvalue weighted by atomic mass is 16.5. The van der Waals surface area contributed by atoms with E-state index in [0.29, 0.717) is 12.5 Å². The molecule has 1 aromatic heterocycles. The van der Waals surface area contributed by atoms with Crippen molar-refractivity contribution in [2.24, 2.45) is 5.73 Å². The Morgan fingerprint density at radius 3 is 2.42 bits per heavy atom. The van der Waals surface area contributed by atoms with Gasteiger partial charge in [-0.15, -0.1) is 0 Å². The second kappa shape index (κ2) is 6.89. The minimum atomic E-state index is 0.402. The van der Waals surface area contributed by atoms with Gasteiger partial charge in [-0.25, -0.2) is 4.68 Å². The van der Waals surface area contributed by atoms with Gasteiger partial charge in [0.05, 0.1) is 18.5 Å². The van der Waals surface area contributed by atoms with Gasteiger partial charge in [0.2, 0.25) is 0 Å². The third kappa shape index (κ3) is 3.05. The van der Waals surface area contributed by atoms with Crippen LogP contribution >= 0.6 is 0 Å². The van der Waals surface area contributed by atoms with Gasteiger partial charge < -0.3 is 10.5 Å². The van der Waals surface area contributed by atoms with Gasteiger partial charge in [0.15, 0.2) is 0 Å². The summed E-state index contributed by atoms with van der Waals surface area (Å²) >= 11 is 0. The van der Waals surface area contributed by atoms with Crippen molar-refractivity contribution < 1.29 is 4.74 Å². The lowest BCUT2D eigenvalue weighted by Crippen LogP contribution is -2.03. The van der Waals surface area contributed by atoms with Crippen molar-refractivity contribution in [1.82, 2.24) is 9.78 Å². The normalized spacial score (nSPS) is 11.0. The molecule has 0 unspecified atom stereocenters. The summed E-state index contributed by atoms with van der Waals surface area (Å²) in [5, 5.41) is 4.65. The standard InChI is InChI=1S/C20H23N3O/c1-14(2)15-8-10-16(11-9-15)19-12-17(13-21)22-23(19)18-6-4-5-7-20(18)24-3/h4-12,14H,13,21H2,1-3H3. The van der Waals surface area contributed by atoms with Crippen molar-refractivity contribution in [3.8, 4) is 22.7 Å². The summed E-state index contributed by atoms with van der Waals surface area (Å²) in [5.74, 6) is 1.29. The Morgan fingerprint density at radius 2 is 1.79 bits per heavy atom. The van der Waals surface area contributed by atoms with Crippen molar-refractivity contribution in [3.05, 3.63) is 65.9 Å². The Labute approximate surface area is 142 Å². The summed E-state index contributed by atoms with van der Waals surface area (Å²) in [6.45, 7) is 4.79. The first kappa shape index (κ1) is 16.3. The summed E-state index contributed by atoms with van der Waals surface area (Å²) in [6.07, 6.45) is 0. The molecule has 3 rings (SSSR count). The Balaban J connectivity index is 2.13. The molecule has 0 bridgehead atoms. The van der Waals surface area contributed by atoms with Crippen LogP contribution < -0.4 is 10.5 Å². The van der Waals surface area contributed by atoms with Crippen LogP contribution in [0.2, 0.25) is 0 Å². The molecule has 0 aliphatic carbocycles. The number of aromatic nitrogens is 2. The molecule has 1 heterocycles. The second-order valence-corrected chi connectivity index (χ2v) is 6.09. The molecule has 0 aliphatic heterocycles. The third-order valence-electron chi connectivity index (χ3n) is 4.16. The molecule has 0 saturated carbocycles. The van der Waals surface area contributed by atoms with E-state index in [1.54, 1.807) is 7.11 Å². The van der Waals surface area contributed by atoms with Crippen molar-refractivity contribution in [3.63, 3.8) is 0 Å². The zero-order valence-electron chi connectivity index (χ0n) is 14.4. The maximum Gasteiger partial charge on any atom is 0.144 e. The average Bonchev–Trinajstić information content (AvgIpc) is 3.06.